The van der Waals surface area contributed by atoms with Crippen LogP contribution < -0.4 is 20.5 Å². The lowest BCUT2D eigenvalue weighted by Crippen LogP contribution is -2.26. The predicted molar refractivity (Wildman–Crippen MR) is 99.7 cm³/mol. The number of nitrogen functional groups attached to an aromatic ring is 1. The highest BCUT2D eigenvalue weighted by Gasteiger charge is 2.24. The van der Waals surface area contributed by atoms with E-state index in [1.165, 1.54) is 19.2 Å². The van der Waals surface area contributed by atoms with E-state index in [0.717, 1.165) is 12.8 Å². The Labute approximate surface area is 152 Å². The SMILES string of the molecule is COc1ccc(NC(=O)c2cccc(S(=O)(=O)NCC3CC3)c2)cc1N. The van der Waals surface area contributed by atoms with Gasteiger partial charge in [0.2, 0.25) is 10.0 Å². The quantitative estimate of drug-likeness (QED) is 0.643. The molecule has 1 amide bonds. The first-order chi connectivity index (χ1) is 12.4. The minimum Gasteiger partial charge on any atom is -0.495 e. The van der Waals surface area contributed by atoms with Crippen molar-refractivity contribution >= 4 is 27.3 Å². The number of benzene rings is 2. The van der Waals surface area contributed by atoms with E-state index in [-0.39, 0.29) is 10.5 Å². The monoisotopic (exact) mass is 375 g/mol. The molecule has 1 fully saturated rings. The number of amides is 1. The first-order valence-electron chi connectivity index (χ1n) is 8.23. The standard InChI is InChI=1S/C18H21N3O4S/c1-25-17-8-7-14(10-16(17)19)21-18(22)13-3-2-4-15(9-13)26(23,24)20-11-12-5-6-12/h2-4,7-10,12,20H,5-6,11,19H2,1H3,(H,21,22). The van der Waals surface area contributed by atoms with Crippen LogP contribution in [0.1, 0.15) is 23.2 Å². The molecular formula is C18H21N3O4S. The third-order valence-electron chi connectivity index (χ3n) is 4.15. The topological polar surface area (TPSA) is 111 Å². The average molecular weight is 375 g/mol. The van der Waals surface area contributed by atoms with Crippen molar-refractivity contribution in [3.05, 3.63) is 48.0 Å². The van der Waals surface area contributed by atoms with Gasteiger partial charge in [0.15, 0.2) is 0 Å². The summed E-state index contributed by atoms with van der Waals surface area (Å²) >= 11 is 0. The van der Waals surface area contributed by atoms with Crippen LogP contribution in [0.3, 0.4) is 0 Å². The first-order valence-corrected chi connectivity index (χ1v) is 9.72. The van der Waals surface area contributed by atoms with Gasteiger partial charge >= 0.3 is 0 Å². The summed E-state index contributed by atoms with van der Waals surface area (Å²) in [5, 5.41) is 2.70. The van der Waals surface area contributed by atoms with E-state index in [1.807, 2.05) is 0 Å². The first kappa shape index (κ1) is 18.2. The Morgan fingerprint density at radius 1 is 1.23 bits per heavy atom. The molecule has 0 unspecified atom stereocenters. The van der Waals surface area contributed by atoms with Crippen molar-refractivity contribution in [2.75, 3.05) is 24.7 Å². The second-order valence-corrected chi connectivity index (χ2v) is 8.00. The van der Waals surface area contributed by atoms with E-state index in [2.05, 4.69) is 10.0 Å². The maximum Gasteiger partial charge on any atom is 0.255 e. The molecule has 1 saturated carbocycles. The van der Waals surface area contributed by atoms with Crippen LogP contribution in [-0.2, 0) is 10.0 Å². The third kappa shape index (κ3) is 4.33. The van der Waals surface area contributed by atoms with Gasteiger partial charge in [0.05, 0.1) is 17.7 Å². The van der Waals surface area contributed by atoms with Gasteiger partial charge in [-0.25, -0.2) is 13.1 Å². The van der Waals surface area contributed by atoms with E-state index in [4.69, 9.17) is 10.5 Å². The molecule has 2 aromatic rings. The van der Waals surface area contributed by atoms with Gasteiger partial charge in [-0.05, 0) is 55.2 Å². The number of rotatable bonds is 7. The van der Waals surface area contributed by atoms with Crippen molar-refractivity contribution in [1.29, 1.82) is 0 Å². The molecule has 138 valence electrons. The van der Waals surface area contributed by atoms with Gasteiger partial charge in [0.1, 0.15) is 5.75 Å². The number of methoxy groups -OCH3 is 1. The highest BCUT2D eigenvalue weighted by atomic mass is 32.2. The highest BCUT2D eigenvalue weighted by Crippen LogP contribution is 2.28. The van der Waals surface area contributed by atoms with Crippen LogP contribution in [0.15, 0.2) is 47.4 Å². The second-order valence-electron chi connectivity index (χ2n) is 6.23. The van der Waals surface area contributed by atoms with Crippen LogP contribution in [0.25, 0.3) is 0 Å². The van der Waals surface area contributed by atoms with Crippen LogP contribution in [0.5, 0.6) is 5.75 Å². The Hall–Kier alpha value is -2.58. The molecule has 3 rings (SSSR count). The molecule has 4 N–H and O–H groups in total. The van der Waals surface area contributed by atoms with Gasteiger partial charge in [-0.3, -0.25) is 4.79 Å². The van der Waals surface area contributed by atoms with Gasteiger partial charge in [-0.15, -0.1) is 0 Å². The number of hydrogen-bond acceptors (Lipinski definition) is 5. The number of nitrogens with one attached hydrogen (secondary N) is 2. The zero-order valence-electron chi connectivity index (χ0n) is 14.4. The molecular weight excluding hydrogens is 354 g/mol. The fourth-order valence-electron chi connectivity index (χ4n) is 2.45. The molecule has 26 heavy (non-hydrogen) atoms. The number of ether oxygens (including phenoxy) is 1. The molecule has 8 heteroatoms. The van der Waals surface area contributed by atoms with Gasteiger partial charge in [0, 0.05) is 17.8 Å². The summed E-state index contributed by atoms with van der Waals surface area (Å²) in [6, 6.07) is 10.8. The van der Waals surface area contributed by atoms with Gasteiger partial charge in [-0.1, -0.05) is 6.07 Å². The van der Waals surface area contributed by atoms with E-state index in [0.29, 0.717) is 29.6 Å². The molecule has 0 saturated heterocycles. The molecule has 0 bridgehead atoms. The normalized spacial score (nSPS) is 14.0. The molecule has 0 aliphatic heterocycles. The molecule has 0 aromatic heterocycles. The zero-order chi connectivity index (χ0) is 18.7. The summed E-state index contributed by atoms with van der Waals surface area (Å²) in [5.41, 5.74) is 6.96. The maximum absolute atomic E-state index is 12.4. The second kappa shape index (κ2) is 7.35. The summed E-state index contributed by atoms with van der Waals surface area (Å²) < 4.78 is 32.3. The molecule has 0 radical (unpaired) electrons. The van der Waals surface area contributed by atoms with Crippen molar-refractivity contribution < 1.29 is 17.9 Å². The smallest absolute Gasteiger partial charge is 0.255 e. The fraction of sp³-hybridized carbons (Fsp3) is 0.278. The summed E-state index contributed by atoms with van der Waals surface area (Å²) in [6.07, 6.45) is 2.10. The van der Waals surface area contributed by atoms with E-state index in [1.54, 1.807) is 30.3 Å². The number of sulfonamides is 1. The number of carbonyl (C=O) groups excluding carboxylic acids is 1. The van der Waals surface area contributed by atoms with Gasteiger partial charge < -0.3 is 15.8 Å². The molecule has 1 aliphatic rings. The average Bonchev–Trinajstić information content (AvgIpc) is 3.45. The Balaban J connectivity index is 1.74. The van der Waals surface area contributed by atoms with Crippen LogP contribution in [0.2, 0.25) is 0 Å². The van der Waals surface area contributed by atoms with Crippen molar-refractivity contribution in [3.63, 3.8) is 0 Å². The Morgan fingerprint density at radius 2 is 2.00 bits per heavy atom. The lowest BCUT2D eigenvalue weighted by molar-refractivity contribution is 0.102. The van der Waals surface area contributed by atoms with Crippen molar-refractivity contribution in [3.8, 4) is 5.75 Å². The predicted octanol–water partition coefficient (Wildman–Crippen LogP) is 2.22. The Kier molecular flexibility index (Phi) is 5.15. The number of hydrogen-bond donors (Lipinski definition) is 3. The lowest BCUT2D eigenvalue weighted by Gasteiger charge is -2.10. The molecule has 0 spiro atoms. The highest BCUT2D eigenvalue weighted by molar-refractivity contribution is 7.89. The van der Waals surface area contributed by atoms with E-state index in [9.17, 15) is 13.2 Å². The van der Waals surface area contributed by atoms with Gasteiger partial charge in [-0.2, -0.15) is 0 Å². The molecule has 0 heterocycles. The molecule has 1 aliphatic carbocycles. The summed E-state index contributed by atoms with van der Waals surface area (Å²) in [4.78, 5) is 12.5. The Bertz CT molecular complexity index is 924. The van der Waals surface area contributed by atoms with Crippen molar-refractivity contribution in [1.82, 2.24) is 4.72 Å². The molecule has 2 aromatic carbocycles. The van der Waals surface area contributed by atoms with Crippen LogP contribution in [0, 0.1) is 5.92 Å². The summed E-state index contributed by atoms with van der Waals surface area (Å²) in [5.74, 6) is 0.517. The summed E-state index contributed by atoms with van der Waals surface area (Å²) in [6.45, 7) is 0.434. The minimum absolute atomic E-state index is 0.0695. The van der Waals surface area contributed by atoms with E-state index >= 15 is 0 Å². The lowest BCUT2D eigenvalue weighted by atomic mass is 10.2. The van der Waals surface area contributed by atoms with Crippen LogP contribution in [-0.4, -0.2) is 28.0 Å². The van der Waals surface area contributed by atoms with Crippen molar-refractivity contribution in [2.45, 2.75) is 17.7 Å². The van der Waals surface area contributed by atoms with E-state index < -0.39 is 15.9 Å². The fourth-order valence-corrected chi connectivity index (χ4v) is 3.61. The maximum atomic E-state index is 12.4. The van der Waals surface area contributed by atoms with Crippen molar-refractivity contribution in [2.24, 2.45) is 5.92 Å². The largest absolute Gasteiger partial charge is 0.495 e. The third-order valence-corrected chi connectivity index (χ3v) is 5.57. The zero-order valence-corrected chi connectivity index (χ0v) is 15.2. The van der Waals surface area contributed by atoms with Crippen LogP contribution in [0.4, 0.5) is 11.4 Å². The molecule has 0 atom stereocenters. The summed E-state index contributed by atoms with van der Waals surface area (Å²) in [7, 11) is -2.12. The van der Waals surface area contributed by atoms with Crippen LogP contribution >= 0.6 is 0 Å². The minimum atomic E-state index is -3.63. The van der Waals surface area contributed by atoms with Gasteiger partial charge in [0.25, 0.3) is 5.91 Å². The Morgan fingerprint density at radius 3 is 2.65 bits per heavy atom. The number of anilines is 2. The number of nitrogens with two attached hydrogens (primary N) is 1. The molecule has 7 nitrogen and oxygen atoms in total. The number of carbonyl (C=O) groups is 1.